The van der Waals surface area contributed by atoms with Crippen molar-refractivity contribution < 1.29 is 19.4 Å². The molecular formula is C11H22N2O4. The zero-order chi connectivity index (χ0) is 13.3. The second-order valence-electron chi connectivity index (χ2n) is 4.06. The molecular weight excluding hydrogens is 224 g/mol. The van der Waals surface area contributed by atoms with Crippen molar-refractivity contribution in [3.8, 4) is 0 Å². The first-order valence-electron chi connectivity index (χ1n) is 5.74. The number of hydrogen-bond acceptors (Lipinski definition) is 4. The fourth-order valence-electron chi connectivity index (χ4n) is 1.25. The van der Waals surface area contributed by atoms with Crippen LogP contribution in [0.15, 0.2) is 0 Å². The highest BCUT2D eigenvalue weighted by Gasteiger charge is 2.14. The van der Waals surface area contributed by atoms with Crippen LogP contribution in [0, 0.1) is 5.92 Å². The predicted octanol–water partition coefficient (Wildman–Crippen LogP) is -0.0327. The molecule has 6 nitrogen and oxygen atoms in total. The van der Waals surface area contributed by atoms with E-state index in [9.17, 15) is 9.59 Å². The summed E-state index contributed by atoms with van der Waals surface area (Å²) in [6, 6.07) is -0.551. The smallest absolute Gasteiger partial charge is 0.306 e. The molecule has 0 rings (SSSR count). The highest BCUT2D eigenvalue weighted by Crippen LogP contribution is 2.00. The van der Waals surface area contributed by atoms with E-state index in [-0.39, 0.29) is 5.91 Å². The Labute approximate surface area is 102 Å². The van der Waals surface area contributed by atoms with Crippen LogP contribution in [0.5, 0.6) is 0 Å². The van der Waals surface area contributed by atoms with Gasteiger partial charge < -0.3 is 20.9 Å². The van der Waals surface area contributed by atoms with Crippen LogP contribution >= 0.6 is 0 Å². The van der Waals surface area contributed by atoms with Gasteiger partial charge in [0, 0.05) is 20.3 Å². The SMILES string of the molecule is COCCCC(N)C(=O)NCCC(C)C(=O)O. The van der Waals surface area contributed by atoms with Gasteiger partial charge in [-0.25, -0.2) is 0 Å². The zero-order valence-electron chi connectivity index (χ0n) is 10.4. The van der Waals surface area contributed by atoms with Gasteiger partial charge in [-0.1, -0.05) is 6.92 Å². The summed E-state index contributed by atoms with van der Waals surface area (Å²) >= 11 is 0. The summed E-state index contributed by atoms with van der Waals surface area (Å²) in [5.74, 6) is -1.55. The summed E-state index contributed by atoms with van der Waals surface area (Å²) in [6.45, 7) is 2.52. The fraction of sp³-hybridized carbons (Fsp3) is 0.818. The minimum Gasteiger partial charge on any atom is -0.481 e. The Morgan fingerprint density at radius 3 is 2.59 bits per heavy atom. The number of carbonyl (C=O) groups is 2. The monoisotopic (exact) mass is 246 g/mol. The lowest BCUT2D eigenvalue weighted by Crippen LogP contribution is -2.41. The number of rotatable bonds is 9. The maximum absolute atomic E-state index is 11.5. The van der Waals surface area contributed by atoms with Crippen LogP contribution in [0.3, 0.4) is 0 Å². The van der Waals surface area contributed by atoms with E-state index in [4.69, 9.17) is 15.6 Å². The first-order valence-corrected chi connectivity index (χ1v) is 5.74. The Kier molecular flexibility index (Phi) is 8.35. The molecule has 0 aliphatic carbocycles. The molecule has 0 heterocycles. The topological polar surface area (TPSA) is 102 Å². The molecule has 0 spiro atoms. The average molecular weight is 246 g/mol. The third-order valence-electron chi connectivity index (χ3n) is 2.50. The van der Waals surface area contributed by atoms with Gasteiger partial charge in [-0.2, -0.15) is 0 Å². The Balaban J connectivity index is 3.67. The summed E-state index contributed by atoms with van der Waals surface area (Å²) < 4.78 is 4.86. The first-order chi connectivity index (χ1) is 7.99. The molecule has 0 aliphatic rings. The van der Waals surface area contributed by atoms with Crippen molar-refractivity contribution in [2.45, 2.75) is 32.2 Å². The van der Waals surface area contributed by atoms with E-state index in [2.05, 4.69) is 5.32 Å². The lowest BCUT2D eigenvalue weighted by molar-refractivity contribution is -0.141. The van der Waals surface area contributed by atoms with Crippen LogP contribution in [0.4, 0.5) is 0 Å². The van der Waals surface area contributed by atoms with Crippen molar-refractivity contribution in [3.05, 3.63) is 0 Å². The fourth-order valence-corrected chi connectivity index (χ4v) is 1.25. The molecule has 1 amide bonds. The molecule has 0 bridgehead atoms. The molecule has 0 aromatic heterocycles. The minimum atomic E-state index is -0.858. The van der Waals surface area contributed by atoms with Crippen LogP contribution in [0.25, 0.3) is 0 Å². The number of nitrogens with one attached hydrogen (secondary N) is 1. The Bertz CT molecular complexity index is 246. The maximum Gasteiger partial charge on any atom is 0.306 e. The summed E-state index contributed by atoms with van der Waals surface area (Å²) in [4.78, 5) is 22.0. The Morgan fingerprint density at radius 1 is 1.41 bits per heavy atom. The first kappa shape index (κ1) is 15.9. The minimum absolute atomic E-state index is 0.237. The van der Waals surface area contributed by atoms with Crippen molar-refractivity contribution in [1.29, 1.82) is 0 Å². The third kappa shape index (κ3) is 7.70. The number of carboxylic acid groups (broad SMARTS) is 1. The third-order valence-corrected chi connectivity index (χ3v) is 2.50. The molecule has 0 fully saturated rings. The molecule has 0 saturated carbocycles. The van der Waals surface area contributed by atoms with E-state index in [0.717, 1.165) is 6.42 Å². The molecule has 4 N–H and O–H groups in total. The van der Waals surface area contributed by atoms with Crippen LogP contribution in [0.1, 0.15) is 26.2 Å². The lowest BCUT2D eigenvalue weighted by atomic mass is 10.1. The van der Waals surface area contributed by atoms with E-state index in [0.29, 0.717) is 26.0 Å². The summed E-state index contributed by atoms with van der Waals surface area (Å²) in [5, 5.41) is 11.3. The van der Waals surface area contributed by atoms with Gasteiger partial charge in [0.15, 0.2) is 0 Å². The number of methoxy groups -OCH3 is 1. The molecule has 0 aliphatic heterocycles. The van der Waals surface area contributed by atoms with Crippen LogP contribution in [-0.4, -0.2) is 43.3 Å². The van der Waals surface area contributed by atoms with Crippen LogP contribution in [-0.2, 0) is 14.3 Å². The number of carboxylic acids is 1. The molecule has 2 unspecified atom stereocenters. The normalized spacial score (nSPS) is 14.1. The number of amides is 1. The summed E-state index contributed by atoms with van der Waals surface area (Å²) in [5.41, 5.74) is 5.65. The predicted molar refractivity (Wildman–Crippen MR) is 63.5 cm³/mol. The highest BCUT2D eigenvalue weighted by molar-refractivity contribution is 5.81. The Hall–Kier alpha value is -1.14. The quantitative estimate of drug-likeness (QED) is 0.496. The largest absolute Gasteiger partial charge is 0.481 e. The maximum atomic E-state index is 11.5. The molecule has 0 aromatic carbocycles. The number of nitrogens with two attached hydrogens (primary N) is 1. The van der Waals surface area contributed by atoms with Gasteiger partial charge in [-0.15, -0.1) is 0 Å². The standard InChI is InChI=1S/C11H22N2O4/c1-8(11(15)16)5-6-13-10(14)9(12)4-3-7-17-2/h8-9H,3-7,12H2,1-2H3,(H,13,14)(H,15,16). The van der Waals surface area contributed by atoms with Crippen molar-refractivity contribution in [3.63, 3.8) is 0 Å². The molecule has 6 heteroatoms. The van der Waals surface area contributed by atoms with E-state index in [1.165, 1.54) is 0 Å². The van der Waals surface area contributed by atoms with Gasteiger partial charge in [0.25, 0.3) is 0 Å². The molecule has 2 atom stereocenters. The highest BCUT2D eigenvalue weighted by atomic mass is 16.5. The van der Waals surface area contributed by atoms with E-state index in [1.807, 2.05) is 0 Å². The summed E-state index contributed by atoms with van der Waals surface area (Å²) in [7, 11) is 1.60. The second kappa shape index (κ2) is 8.95. The van der Waals surface area contributed by atoms with Crippen molar-refractivity contribution >= 4 is 11.9 Å². The molecule has 0 saturated heterocycles. The number of aliphatic carboxylic acids is 1. The summed E-state index contributed by atoms with van der Waals surface area (Å²) in [6.07, 6.45) is 1.70. The van der Waals surface area contributed by atoms with Gasteiger partial charge >= 0.3 is 5.97 Å². The van der Waals surface area contributed by atoms with Gasteiger partial charge in [-0.05, 0) is 19.3 Å². The number of ether oxygens (including phenoxy) is 1. The molecule has 0 aromatic rings. The molecule has 17 heavy (non-hydrogen) atoms. The van der Waals surface area contributed by atoms with Gasteiger partial charge in [0.2, 0.25) is 5.91 Å². The van der Waals surface area contributed by atoms with E-state index >= 15 is 0 Å². The van der Waals surface area contributed by atoms with Crippen LogP contribution < -0.4 is 11.1 Å². The van der Waals surface area contributed by atoms with Crippen molar-refractivity contribution in [2.24, 2.45) is 11.7 Å². The van der Waals surface area contributed by atoms with Gasteiger partial charge in [0.1, 0.15) is 0 Å². The van der Waals surface area contributed by atoms with Crippen LogP contribution in [0.2, 0.25) is 0 Å². The van der Waals surface area contributed by atoms with Gasteiger partial charge in [-0.3, -0.25) is 9.59 Å². The zero-order valence-corrected chi connectivity index (χ0v) is 10.4. The van der Waals surface area contributed by atoms with Gasteiger partial charge in [0.05, 0.1) is 12.0 Å². The molecule has 100 valence electrons. The van der Waals surface area contributed by atoms with Crippen molar-refractivity contribution in [1.82, 2.24) is 5.32 Å². The van der Waals surface area contributed by atoms with E-state index < -0.39 is 17.9 Å². The average Bonchev–Trinajstić information content (AvgIpc) is 2.28. The second-order valence-corrected chi connectivity index (χ2v) is 4.06. The van der Waals surface area contributed by atoms with Crippen molar-refractivity contribution in [2.75, 3.05) is 20.3 Å². The Morgan fingerprint density at radius 2 is 2.06 bits per heavy atom. The lowest BCUT2D eigenvalue weighted by Gasteiger charge is -2.12. The number of carbonyl (C=O) groups excluding carboxylic acids is 1. The molecule has 0 radical (unpaired) electrons. The van der Waals surface area contributed by atoms with E-state index in [1.54, 1.807) is 14.0 Å². The number of hydrogen-bond donors (Lipinski definition) is 3.